The molecule has 1 N–H and O–H groups in total. The highest BCUT2D eigenvalue weighted by molar-refractivity contribution is 6.36. The van der Waals surface area contributed by atoms with Crippen LogP contribution in [0, 0.1) is 0 Å². The molecule has 0 amide bonds. The molecule has 1 heterocycles. The molecule has 2 aromatic carbocycles. The first-order valence-electron chi connectivity index (χ1n) is 7.82. The fourth-order valence-corrected chi connectivity index (χ4v) is 3.25. The molecule has 0 aromatic heterocycles. The van der Waals surface area contributed by atoms with Crippen LogP contribution in [0.15, 0.2) is 36.4 Å². The zero-order chi connectivity index (χ0) is 15.8. The number of halogens is 2. The Labute approximate surface area is 145 Å². The van der Waals surface area contributed by atoms with Crippen molar-refractivity contribution in [1.29, 1.82) is 0 Å². The van der Waals surface area contributed by atoms with Gasteiger partial charge in [-0.2, -0.15) is 0 Å². The van der Waals surface area contributed by atoms with E-state index in [9.17, 15) is 0 Å². The van der Waals surface area contributed by atoms with Crippen molar-refractivity contribution in [1.82, 2.24) is 5.32 Å². The predicted octanol–water partition coefficient (Wildman–Crippen LogP) is 4.55. The molecular formula is C18H17Cl2NO2. The number of hydrogen-bond acceptors (Lipinski definition) is 3. The second-order valence-corrected chi connectivity index (χ2v) is 6.83. The molecule has 23 heavy (non-hydrogen) atoms. The highest BCUT2D eigenvalue weighted by atomic mass is 35.5. The molecule has 120 valence electrons. The fourth-order valence-electron chi connectivity index (χ4n) is 2.74. The molecular weight excluding hydrogens is 333 g/mol. The van der Waals surface area contributed by atoms with Gasteiger partial charge in [-0.3, -0.25) is 0 Å². The zero-order valence-electron chi connectivity index (χ0n) is 12.5. The lowest BCUT2D eigenvalue weighted by Crippen LogP contribution is -2.39. The van der Waals surface area contributed by atoms with Crippen LogP contribution in [0.25, 0.3) is 11.1 Å². The molecule has 4 rings (SSSR count). The Balaban J connectivity index is 1.64. The van der Waals surface area contributed by atoms with Gasteiger partial charge in [-0.15, -0.1) is 0 Å². The van der Waals surface area contributed by atoms with Gasteiger partial charge < -0.3 is 14.8 Å². The molecule has 0 saturated heterocycles. The monoisotopic (exact) mass is 349 g/mol. The van der Waals surface area contributed by atoms with Crippen molar-refractivity contribution in [2.45, 2.75) is 25.0 Å². The number of ether oxygens (including phenoxy) is 2. The lowest BCUT2D eigenvalue weighted by molar-refractivity contribution is 0.0909. The van der Waals surface area contributed by atoms with E-state index in [1.54, 1.807) is 6.07 Å². The van der Waals surface area contributed by atoms with E-state index in [0.29, 0.717) is 22.7 Å². The fraction of sp³-hybridized carbons (Fsp3) is 0.333. The van der Waals surface area contributed by atoms with Gasteiger partial charge in [0.15, 0.2) is 11.5 Å². The highest BCUT2D eigenvalue weighted by Gasteiger charge is 2.27. The topological polar surface area (TPSA) is 30.5 Å². The van der Waals surface area contributed by atoms with Crippen LogP contribution in [0.4, 0.5) is 0 Å². The van der Waals surface area contributed by atoms with E-state index in [4.69, 9.17) is 32.7 Å². The van der Waals surface area contributed by atoms with Crippen LogP contribution in [0.1, 0.15) is 12.8 Å². The Morgan fingerprint density at radius 3 is 2.74 bits per heavy atom. The maximum Gasteiger partial charge on any atom is 0.169 e. The molecule has 0 spiro atoms. The summed E-state index contributed by atoms with van der Waals surface area (Å²) in [6, 6.07) is 12.0. The molecule has 1 saturated carbocycles. The normalized spacial score (nSPS) is 19.7. The second-order valence-electron chi connectivity index (χ2n) is 5.99. The Hall–Kier alpha value is -1.42. The van der Waals surface area contributed by atoms with E-state index in [-0.39, 0.29) is 6.10 Å². The lowest BCUT2D eigenvalue weighted by Gasteiger charge is -2.28. The minimum Gasteiger partial charge on any atom is -0.486 e. The average Bonchev–Trinajstić information content (AvgIpc) is 3.37. The van der Waals surface area contributed by atoms with Gasteiger partial charge in [-0.1, -0.05) is 41.4 Å². The summed E-state index contributed by atoms with van der Waals surface area (Å²) in [5.41, 5.74) is 1.83. The predicted molar refractivity (Wildman–Crippen MR) is 92.8 cm³/mol. The van der Waals surface area contributed by atoms with E-state index in [1.807, 2.05) is 30.3 Å². The quantitative estimate of drug-likeness (QED) is 0.877. The lowest BCUT2D eigenvalue weighted by atomic mass is 10.0. The maximum atomic E-state index is 6.36. The van der Waals surface area contributed by atoms with Crippen LogP contribution in [0.2, 0.25) is 10.0 Å². The van der Waals surface area contributed by atoms with E-state index < -0.39 is 0 Å². The molecule has 1 fully saturated rings. The van der Waals surface area contributed by atoms with Gasteiger partial charge in [0.05, 0.1) is 5.02 Å². The Morgan fingerprint density at radius 1 is 1.09 bits per heavy atom. The van der Waals surface area contributed by atoms with E-state index in [0.717, 1.165) is 29.2 Å². The number of benzene rings is 2. The van der Waals surface area contributed by atoms with E-state index >= 15 is 0 Å². The van der Waals surface area contributed by atoms with Crippen LogP contribution in [-0.4, -0.2) is 25.3 Å². The van der Waals surface area contributed by atoms with Gasteiger partial charge in [0.25, 0.3) is 0 Å². The Bertz CT molecular complexity index is 731. The molecule has 3 nitrogen and oxygen atoms in total. The first-order chi connectivity index (χ1) is 11.2. The Morgan fingerprint density at radius 2 is 1.96 bits per heavy atom. The average molecular weight is 350 g/mol. The van der Waals surface area contributed by atoms with E-state index in [2.05, 4.69) is 5.32 Å². The molecule has 2 aromatic rings. The summed E-state index contributed by atoms with van der Waals surface area (Å²) in [5.74, 6) is 1.52. The van der Waals surface area contributed by atoms with Crippen molar-refractivity contribution in [3.63, 3.8) is 0 Å². The SMILES string of the molecule is Clc1ccc(-c2cccc3c2OC(CNC2CC2)CO3)c(Cl)c1. The number of rotatable bonds is 4. The molecule has 1 unspecified atom stereocenters. The van der Waals surface area contributed by atoms with Crippen LogP contribution < -0.4 is 14.8 Å². The van der Waals surface area contributed by atoms with Crippen LogP contribution in [0.5, 0.6) is 11.5 Å². The number of fused-ring (bicyclic) bond motifs is 1. The minimum atomic E-state index is 0.00956. The third-order valence-corrected chi connectivity index (χ3v) is 4.67. The first kappa shape index (κ1) is 15.1. The van der Waals surface area contributed by atoms with Gasteiger partial charge >= 0.3 is 0 Å². The van der Waals surface area contributed by atoms with Crippen molar-refractivity contribution in [2.75, 3.05) is 13.2 Å². The van der Waals surface area contributed by atoms with Crippen molar-refractivity contribution < 1.29 is 9.47 Å². The maximum absolute atomic E-state index is 6.36. The minimum absolute atomic E-state index is 0.00956. The van der Waals surface area contributed by atoms with E-state index in [1.165, 1.54) is 12.8 Å². The van der Waals surface area contributed by atoms with Gasteiger partial charge in [0, 0.05) is 28.7 Å². The van der Waals surface area contributed by atoms with Gasteiger partial charge in [0.1, 0.15) is 12.7 Å². The summed E-state index contributed by atoms with van der Waals surface area (Å²) < 4.78 is 12.1. The number of nitrogens with one attached hydrogen (secondary N) is 1. The second kappa shape index (κ2) is 6.23. The standard InChI is InChI=1S/C18H17Cl2NO2/c19-11-4-7-14(16(20)8-11)15-2-1-3-17-18(15)23-13(10-22-17)9-21-12-5-6-12/h1-4,7-8,12-13,21H,5-6,9-10H2. The van der Waals surface area contributed by atoms with Crippen LogP contribution >= 0.6 is 23.2 Å². The largest absolute Gasteiger partial charge is 0.486 e. The molecule has 1 aliphatic carbocycles. The summed E-state index contributed by atoms with van der Waals surface area (Å²) in [6.07, 6.45) is 2.53. The molecule has 2 aliphatic rings. The Kier molecular flexibility index (Phi) is 4.10. The molecule has 0 radical (unpaired) electrons. The molecule has 1 aliphatic heterocycles. The molecule has 1 atom stereocenters. The van der Waals surface area contributed by atoms with Gasteiger partial charge in [-0.05, 0) is 31.0 Å². The van der Waals surface area contributed by atoms with Gasteiger partial charge in [-0.25, -0.2) is 0 Å². The summed E-state index contributed by atoms with van der Waals surface area (Å²) in [7, 11) is 0. The first-order valence-corrected chi connectivity index (χ1v) is 8.57. The summed E-state index contributed by atoms with van der Waals surface area (Å²) in [4.78, 5) is 0. The smallest absolute Gasteiger partial charge is 0.169 e. The van der Waals surface area contributed by atoms with Crippen LogP contribution in [0.3, 0.4) is 0 Å². The number of para-hydroxylation sites is 1. The van der Waals surface area contributed by atoms with Crippen molar-refractivity contribution >= 4 is 23.2 Å². The van der Waals surface area contributed by atoms with Crippen LogP contribution in [-0.2, 0) is 0 Å². The summed E-state index contributed by atoms with van der Waals surface area (Å²) >= 11 is 12.4. The molecule has 0 bridgehead atoms. The summed E-state index contributed by atoms with van der Waals surface area (Å²) in [5, 5.41) is 4.71. The molecule has 5 heteroatoms. The van der Waals surface area contributed by atoms with Gasteiger partial charge in [0.2, 0.25) is 0 Å². The summed E-state index contributed by atoms with van der Waals surface area (Å²) in [6.45, 7) is 1.36. The van der Waals surface area contributed by atoms with Crippen molar-refractivity contribution in [2.24, 2.45) is 0 Å². The third-order valence-electron chi connectivity index (χ3n) is 4.12. The third kappa shape index (κ3) is 3.27. The van der Waals surface area contributed by atoms with Crippen molar-refractivity contribution in [3.05, 3.63) is 46.4 Å². The zero-order valence-corrected chi connectivity index (χ0v) is 14.0. The number of hydrogen-bond donors (Lipinski definition) is 1. The van der Waals surface area contributed by atoms with Crippen molar-refractivity contribution in [3.8, 4) is 22.6 Å². The highest BCUT2D eigenvalue weighted by Crippen LogP contribution is 2.43.